The number of halogens is 1. The Morgan fingerprint density at radius 2 is 2.18 bits per heavy atom. The second kappa shape index (κ2) is 5.36. The lowest BCUT2D eigenvalue weighted by Crippen LogP contribution is -2.09. The van der Waals surface area contributed by atoms with Crippen molar-refractivity contribution < 1.29 is 13.9 Å². The van der Waals surface area contributed by atoms with Crippen molar-refractivity contribution in [3.05, 3.63) is 23.3 Å². The van der Waals surface area contributed by atoms with Gasteiger partial charge in [-0.25, -0.2) is 4.39 Å². The van der Waals surface area contributed by atoms with Crippen molar-refractivity contribution in [1.82, 2.24) is 5.32 Å². The lowest BCUT2D eigenvalue weighted by atomic mass is 9.95. The standard InChI is InChI=1S/C13H18FNO2/c1-16-12-6-9(7-14)5-11(13(12)17-2)10-3-4-15-8-10/h5-6,10,15H,3-4,7-8H2,1-2H3. The van der Waals surface area contributed by atoms with Gasteiger partial charge in [-0.2, -0.15) is 0 Å². The summed E-state index contributed by atoms with van der Waals surface area (Å²) >= 11 is 0. The van der Waals surface area contributed by atoms with Crippen molar-refractivity contribution in [3.8, 4) is 11.5 Å². The van der Waals surface area contributed by atoms with Crippen LogP contribution in [0.1, 0.15) is 23.5 Å². The van der Waals surface area contributed by atoms with Gasteiger partial charge in [-0.15, -0.1) is 0 Å². The molecule has 2 rings (SSSR count). The maximum atomic E-state index is 12.8. The molecule has 0 radical (unpaired) electrons. The third-order valence-corrected chi connectivity index (χ3v) is 3.22. The Kier molecular flexibility index (Phi) is 3.84. The van der Waals surface area contributed by atoms with E-state index in [9.17, 15) is 4.39 Å². The maximum absolute atomic E-state index is 12.8. The summed E-state index contributed by atoms with van der Waals surface area (Å²) in [5.41, 5.74) is 1.69. The minimum absolute atomic E-state index is 0.380. The van der Waals surface area contributed by atoms with Gasteiger partial charge in [-0.3, -0.25) is 0 Å². The molecule has 1 aliphatic heterocycles. The molecule has 0 saturated carbocycles. The molecule has 3 nitrogen and oxygen atoms in total. The van der Waals surface area contributed by atoms with Crippen LogP contribution in [0.25, 0.3) is 0 Å². The van der Waals surface area contributed by atoms with Gasteiger partial charge in [0.2, 0.25) is 0 Å². The number of rotatable bonds is 4. The molecule has 1 unspecified atom stereocenters. The molecule has 17 heavy (non-hydrogen) atoms. The molecule has 1 aromatic rings. The lowest BCUT2D eigenvalue weighted by Gasteiger charge is -2.18. The molecular weight excluding hydrogens is 221 g/mol. The second-order valence-electron chi connectivity index (χ2n) is 4.24. The fraction of sp³-hybridized carbons (Fsp3) is 0.538. The summed E-state index contributed by atoms with van der Waals surface area (Å²) in [6.07, 6.45) is 1.05. The van der Waals surface area contributed by atoms with Gasteiger partial charge in [0, 0.05) is 18.0 Å². The minimum Gasteiger partial charge on any atom is -0.493 e. The molecule has 1 heterocycles. The van der Waals surface area contributed by atoms with Gasteiger partial charge < -0.3 is 14.8 Å². The molecule has 1 atom stereocenters. The van der Waals surface area contributed by atoms with E-state index in [0.29, 0.717) is 17.2 Å². The van der Waals surface area contributed by atoms with Gasteiger partial charge in [0.1, 0.15) is 6.67 Å². The van der Waals surface area contributed by atoms with Crippen LogP contribution in [0.15, 0.2) is 12.1 Å². The first-order valence-corrected chi connectivity index (χ1v) is 5.81. The monoisotopic (exact) mass is 239 g/mol. The SMILES string of the molecule is COc1cc(CF)cc(C2CCNC2)c1OC. The van der Waals surface area contributed by atoms with Crippen LogP contribution in [-0.4, -0.2) is 27.3 Å². The van der Waals surface area contributed by atoms with Crippen LogP contribution in [0.3, 0.4) is 0 Å². The third kappa shape index (κ3) is 2.36. The van der Waals surface area contributed by atoms with E-state index in [-0.39, 0.29) is 0 Å². The molecule has 0 aromatic heterocycles. The summed E-state index contributed by atoms with van der Waals surface area (Å²) in [6.45, 7) is 1.43. The van der Waals surface area contributed by atoms with Crippen LogP contribution < -0.4 is 14.8 Å². The summed E-state index contributed by atoms with van der Waals surface area (Å²) in [6, 6.07) is 3.59. The molecule has 1 fully saturated rings. The molecule has 94 valence electrons. The summed E-state index contributed by atoms with van der Waals surface area (Å²) in [7, 11) is 3.20. The van der Waals surface area contributed by atoms with Crippen LogP contribution in [0.2, 0.25) is 0 Å². The summed E-state index contributed by atoms with van der Waals surface area (Å²) in [5.74, 6) is 1.73. The average molecular weight is 239 g/mol. The van der Waals surface area contributed by atoms with Crippen molar-refractivity contribution in [1.29, 1.82) is 0 Å². The van der Waals surface area contributed by atoms with Crippen LogP contribution >= 0.6 is 0 Å². The quantitative estimate of drug-likeness (QED) is 0.874. The number of hydrogen-bond acceptors (Lipinski definition) is 3. The number of nitrogens with one attached hydrogen (secondary N) is 1. The van der Waals surface area contributed by atoms with Crippen LogP contribution in [0.5, 0.6) is 11.5 Å². The summed E-state index contributed by atoms with van der Waals surface area (Å²) in [5, 5.41) is 3.31. The minimum atomic E-state index is -0.479. The van der Waals surface area contributed by atoms with Crippen molar-refractivity contribution in [2.75, 3.05) is 27.3 Å². The van der Waals surface area contributed by atoms with Crippen LogP contribution in [-0.2, 0) is 6.67 Å². The zero-order valence-corrected chi connectivity index (χ0v) is 10.3. The predicted molar refractivity (Wildman–Crippen MR) is 64.6 cm³/mol. The van der Waals surface area contributed by atoms with Gasteiger partial charge in [0.05, 0.1) is 14.2 Å². The van der Waals surface area contributed by atoms with Crippen LogP contribution in [0.4, 0.5) is 4.39 Å². The number of alkyl halides is 1. The molecule has 0 aliphatic carbocycles. The summed E-state index contributed by atoms with van der Waals surface area (Å²) in [4.78, 5) is 0. The highest BCUT2D eigenvalue weighted by molar-refractivity contribution is 5.51. The number of methoxy groups -OCH3 is 2. The maximum Gasteiger partial charge on any atom is 0.164 e. The van der Waals surface area contributed by atoms with Crippen molar-refractivity contribution in [3.63, 3.8) is 0 Å². The smallest absolute Gasteiger partial charge is 0.164 e. The molecule has 0 spiro atoms. The zero-order valence-electron chi connectivity index (χ0n) is 10.3. The lowest BCUT2D eigenvalue weighted by molar-refractivity contribution is 0.348. The largest absolute Gasteiger partial charge is 0.493 e. The van der Waals surface area contributed by atoms with Crippen molar-refractivity contribution >= 4 is 0 Å². The molecule has 0 bridgehead atoms. The van der Waals surface area contributed by atoms with Gasteiger partial charge in [-0.1, -0.05) is 0 Å². The van der Waals surface area contributed by atoms with E-state index in [4.69, 9.17) is 9.47 Å². The highest BCUT2D eigenvalue weighted by atomic mass is 19.1. The van der Waals surface area contributed by atoms with E-state index < -0.39 is 6.67 Å². The Balaban J connectivity index is 2.45. The first kappa shape index (κ1) is 12.2. The Bertz CT molecular complexity index is 389. The van der Waals surface area contributed by atoms with E-state index in [1.54, 1.807) is 20.3 Å². The molecule has 1 N–H and O–H groups in total. The van der Waals surface area contributed by atoms with Crippen molar-refractivity contribution in [2.24, 2.45) is 0 Å². The third-order valence-electron chi connectivity index (χ3n) is 3.22. The van der Waals surface area contributed by atoms with Crippen molar-refractivity contribution in [2.45, 2.75) is 19.0 Å². The predicted octanol–water partition coefficient (Wildman–Crippen LogP) is 2.25. The highest BCUT2D eigenvalue weighted by Crippen LogP contribution is 2.39. The molecule has 0 amide bonds. The summed E-state index contributed by atoms with van der Waals surface area (Å²) < 4.78 is 23.5. The van der Waals surface area contributed by atoms with E-state index in [0.717, 1.165) is 30.8 Å². The average Bonchev–Trinajstić information content (AvgIpc) is 2.90. The first-order valence-electron chi connectivity index (χ1n) is 5.81. The number of ether oxygens (including phenoxy) is 2. The van der Waals surface area contributed by atoms with Gasteiger partial charge >= 0.3 is 0 Å². The second-order valence-corrected chi connectivity index (χ2v) is 4.24. The Morgan fingerprint density at radius 1 is 1.35 bits per heavy atom. The molecule has 1 saturated heterocycles. The Hall–Kier alpha value is -1.29. The number of benzene rings is 1. The topological polar surface area (TPSA) is 30.5 Å². The molecule has 4 heteroatoms. The first-order chi connectivity index (χ1) is 8.30. The van der Waals surface area contributed by atoms with Gasteiger partial charge in [0.15, 0.2) is 11.5 Å². The molecule has 1 aromatic carbocycles. The molecule has 1 aliphatic rings. The highest BCUT2D eigenvalue weighted by Gasteiger charge is 2.23. The number of hydrogen-bond donors (Lipinski definition) is 1. The Morgan fingerprint density at radius 3 is 2.71 bits per heavy atom. The van der Waals surface area contributed by atoms with Crippen LogP contribution in [0, 0.1) is 0 Å². The zero-order chi connectivity index (χ0) is 12.3. The van der Waals surface area contributed by atoms with E-state index in [2.05, 4.69) is 5.32 Å². The Labute approximate surface area is 101 Å². The van der Waals surface area contributed by atoms with Gasteiger partial charge in [0.25, 0.3) is 0 Å². The van der Waals surface area contributed by atoms with E-state index in [1.807, 2.05) is 6.07 Å². The van der Waals surface area contributed by atoms with E-state index in [1.165, 1.54) is 0 Å². The van der Waals surface area contributed by atoms with Gasteiger partial charge in [-0.05, 0) is 30.7 Å². The fourth-order valence-electron chi connectivity index (χ4n) is 2.35. The fourth-order valence-corrected chi connectivity index (χ4v) is 2.35. The molecular formula is C13H18FNO2. The van der Waals surface area contributed by atoms with E-state index >= 15 is 0 Å². The normalized spacial score (nSPS) is 19.4.